The van der Waals surface area contributed by atoms with Crippen molar-refractivity contribution in [3.63, 3.8) is 0 Å². The molecule has 0 bridgehead atoms. The summed E-state index contributed by atoms with van der Waals surface area (Å²) in [5.41, 5.74) is 3.22. The number of alkyl halides is 3. The molecule has 0 aliphatic carbocycles. The average Bonchev–Trinajstić information content (AvgIpc) is 2.77. The monoisotopic (exact) mass is 497 g/mol. The molecule has 0 fully saturated rings. The minimum absolute atomic E-state index is 0. The first-order valence-corrected chi connectivity index (χ1v) is 12.4. The van der Waals surface area contributed by atoms with Gasteiger partial charge in [0.1, 0.15) is 5.82 Å². The topological polar surface area (TPSA) is 3.01 Å². The Hall–Kier alpha value is -1.88. The summed E-state index contributed by atoms with van der Waals surface area (Å²) >= 11 is 0. The summed E-state index contributed by atoms with van der Waals surface area (Å²) in [6.45, 7) is 4.28. The van der Waals surface area contributed by atoms with E-state index in [1.165, 1.54) is 51.0 Å². The van der Waals surface area contributed by atoms with Gasteiger partial charge in [-0.25, -0.2) is 4.39 Å². The highest BCUT2D eigenvalue weighted by atomic mass is 35.5. The zero-order valence-corrected chi connectivity index (χ0v) is 21.0. The number of halogens is 5. The molecule has 34 heavy (non-hydrogen) atoms. The largest absolute Gasteiger partial charge is 1.00 e. The minimum atomic E-state index is -4.35. The molecule has 0 aromatic heterocycles. The summed E-state index contributed by atoms with van der Waals surface area (Å²) in [6.07, 6.45) is 8.24. The van der Waals surface area contributed by atoms with Crippen LogP contribution in [0.3, 0.4) is 0 Å². The van der Waals surface area contributed by atoms with E-state index in [1.807, 2.05) is 6.07 Å². The molecule has 0 spiro atoms. The van der Waals surface area contributed by atoms with Crippen LogP contribution in [0.25, 0.3) is 0 Å². The van der Waals surface area contributed by atoms with Gasteiger partial charge in [-0.2, -0.15) is 17.7 Å². The van der Waals surface area contributed by atoms with Crippen LogP contribution >= 0.6 is 0 Å². The van der Waals surface area contributed by atoms with Crippen molar-refractivity contribution >= 4 is 11.4 Å². The minimum Gasteiger partial charge on any atom is -1.00 e. The van der Waals surface area contributed by atoms with E-state index < -0.39 is 11.7 Å². The molecule has 2 aromatic rings. The Morgan fingerprint density at radius 2 is 1.44 bits per heavy atom. The van der Waals surface area contributed by atoms with Gasteiger partial charge in [-0.1, -0.05) is 58.3 Å². The van der Waals surface area contributed by atoms with Crippen molar-refractivity contribution in [2.45, 2.75) is 96.7 Å². The molecule has 0 saturated carbocycles. The van der Waals surface area contributed by atoms with Crippen LogP contribution in [0.15, 0.2) is 42.5 Å². The van der Waals surface area contributed by atoms with E-state index in [1.54, 1.807) is 18.2 Å². The molecule has 3 rings (SSSR count). The summed E-state index contributed by atoms with van der Waals surface area (Å²) in [7, 11) is 0. The lowest BCUT2D eigenvalue weighted by Gasteiger charge is -2.23. The zero-order chi connectivity index (χ0) is 23.8. The van der Waals surface area contributed by atoms with Crippen molar-refractivity contribution in [3.8, 4) is 0 Å². The molecule has 188 valence electrons. The molecule has 0 radical (unpaired) electrons. The fraction of sp³-hybridized carbons (Fsp3) is 0.536. The van der Waals surface area contributed by atoms with E-state index in [0.29, 0.717) is 6.42 Å². The van der Waals surface area contributed by atoms with Crippen molar-refractivity contribution in [1.29, 1.82) is 0 Å². The predicted octanol–water partition coefficient (Wildman–Crippen LogP) is 5.85. The maximum Gasteiger partial charge on any atom is 0.416 e. The van der Waals surface area contributed by atoms with Crippen LogP contribution in [0.2, 0.25) is 0 Å². The fourth-order valence-electron chi connectivity index (χ4n) is 4.90. The van der Waals surface area contributed by atoms with Crippen molar-refractivity contribution in [1.82, 2.24) is 0 Å². The fourth-order valence-corrected chi connectivity index (χ4v) is 4.90. The molecule has 1 aliphatic rings. The molecule has 2 aromatic carbocycles. The Bertz CT molecular complexity index is 934. The molecule has 1 unspecified atom stereocenters. The predicted molar refractivity (Wildman–Crippen MR) is 127 cm³/mol. The molecular formula is C28H36ClF4N. The van der Waals surface area contributed by atoms with Gasteiger partial charge in [0.25, 0.3) is 0 Å². The van der Waals surface area contributed by atoms with E-state index in [9.17, 15) is 17.6 Å². The molecule has 0 saturated heterocycles. The molecule has 1 heterocycles. The van der Waals surface area contributed by atoms with Crippen LogP contribution in [0.5, 0.6) is 0 Å². The first-order chi connectivity index (χ1) is 15.8. The van der Waals surface area contributed by atoms with Gasteiger partial charge in [-0.3, -0.25) is 0 Å². The Labute approximate surface area is 207 Å². The van der Waals surface area contributed by atoms with E-state index in [4.69, 9.17) is 0 Å². The standard InChI is InChI=1S/C28H36F4N.ClH/c1-3-4-5-6-7-8-9-10-11-12-27-26-18-15-24(29)20-22(26)19-21(2)33(27)25-16-13-23(14-17-25)28(30,31)32;/h13-18,20-21H,3-12,19H2,1-2H3;1H/q+1;/p-1. The number of benzene rings is 2. The van der Waals surface area contributed by atoms with Gasteiger partial charge in [0.2, 0.25) is 5.69 Å². The second kappa shape index (κ2) is 13.3. The lowest BCUT2D eigenvalue weighted by atomic mass is 9.89. The second-order valence-electron chi connectivity index (χ2n) is 9.29. The van der Waals surface area contributed by atoms with Crippen LogP contribution < -0.4 is 12.4 Å². The molecule has 1 nitrogen and oxygen atoms in total. The van der Waals surface area contributed by atoms with Crippen LogP contribution in [0.1, 0.15) is 94.7 Å². The third-order valence-corrected chi connectivity index (χ3v) is 6.62. The number of fused-ring (bicyclic) bond motifs is 1. The Morgan fingerprint density at radius 3 is 2.03 bits per heavy atom. The molecular weight excluding hydrogens is 462 g/mol. The third-order valence-electron chi connectivity index (χ3n) is 6.62. The lowest BCUT2D eigenvalue weighted by Crippen LogP contribution is -3.00. The van der Waals surface area contributed by atoms with Crippen LogP contribution in [-0.2, 0) is 12.6 Å². The lowest BCUT2D eigenvalue weighted by molar-refractivity contribution is -0.483. The number of hydrogen-bond donors (Lipinski definition) is 0. The van der Waals surface area contributed by atoms with E-state index in [2.05, 4.69) is 18.4 Å². The smallest absolute Gasteiger partial charge is 0.416 e. The van der Waals surface area contributed by atoms with Crippen LogP contribution in [0, 0.1) is 5.82 Å². The number of unbranched alkanes of at least 4 members (excludes halogenated alkanes) is 8. The number of hydrogen-bond acceptors (Lipinski definition) is 0. The normalized spacial score (nSPS) is 15.8. The first-order valence-electron chi connectivity index (χ1n) is 12.4. The van der Waals surface area contributed by atoms with E-state index in [-0.39, 0.29) is 24.3 Å². The Morgan fingerprint density at radius 1 is 0.853 bits per heavy atom. The Kier molecular flexibility index (Phi) is 11.1. The summed E-state index contributed by atoms with van der Waals surface area (Å²) in [6, 6.07) is 10.4. The van der Waals surface area contributed by atoms with Crippen LogP contribution in [-0.4, -0.2) is 16.3 Å². The van der Waals surface area contributed by atoms with Crippen molar-refractivity contribution in [2.75, 3.05) is 0 Å². The quantitative estimate of drug-likeness (QED) is 0.208. The van der Waals surface area contributed by atoms with Crippen molar-refractivity contribution < 1.29 is 34.5 Å². The highest BCUT2D eigenvalue weighted by Crippen LogP contribution is 2.33. The molecule has 0 amide bonds. The van der Waals surface area contributed by atoms with Crippen LogP contribution in [0.4, 0.5) is 23.2 Å². The number of rotatable bonds is 11. The van der Waals surface area contributed by atoms with Gasteiger partial charge in [0, 0.05) is 30.5 Å². The maximum absolute atomic E-state index is 13.9. The molecule has 1 atom stereocenters. The average molecular weight is 498 g/mol. The van der Waals surface area contributed by atoms with Gasteiger partial charge < -0.3 is 12.4 Å². The van der Waals surface area contributed by atoms with E-state index in [0.717, 1.165) is 53.9 Å². The summed E-state index contributed by atoms with van der Waals surface area (Å²) in [5, 5.41) is 0. The third kappa shape index (κ3) is 7.56. The first kappa shape index (κ1) is 28.4. The maximum atomic E-state index is 13.9. The van der Waals surface area contributed by atoms with Gasteiger partial charge in [-0.15, -0.1) is 0 Å². The summed E-state index contributed by atoms with van der Waals surface area (Å²) < 4.78 is 55.2. The zero-order valence-electron chi connectivity index (χ0n) is 20.2. The van der Waals surface area contributed by atoms with Crippen molar-refractivity contribution in [2.24, 2.45) is 0 Å². The Balaban J connectivity index is 0.00000408. The van der Waals surface area contributed by atoms with Gasteiger partial charge >= 0.3 is 6.18 Å². The van der Waals surface area contributed by atoms with Crippen molar-refractivity contribution in [3.05, 3.63) is 65.0 Å². The van der Waals surface area contributed by atoms with Gasteiger partial charge in [-0.05, 0) is 49.2 Å². The SMILES string of the molecule is CCCCCCCCCCCC1=[N+](c2ccc(C(F)(F)F)cc2)C(C)Cc2cc(F)ccc21.[Cl-]. The highest BCUT2D eigenvalue weighted by molar-refractivity contribution is 5.99. The van der Waals surface area contributed by atoms with Gasteiger partial charge in [0.05, 0.1) is 5.56 Å². The van der Waals surface area contributed by atoms with Gasteiger partial charge in [0.15, 0.2) is 11.8 Å². The number of nitrogens with zero attached hydrogens (tertiary/aromatic N) is 1. The van der Waals surface area contributed by atoms with E-state index >= 15 is 0 Å². The molecule has 1 aliphatic heterocycles. The highest BCUT2D eigenvalue weighted by Gasteiger charge is 2.34. The second-order valence-corrected chi connectivity index (χ2v) is 9.29. The molecule has 0 N–H and O–H groups in total. The summed E-state index contributed by atoms with van der Waals surface area (Å²) in [5.74, 6) is -0.244. The molecule has 6 heteroatoms. The summed E-state index contributed by atoms with van der Waals surface area (Å²) in [4.78, 5) is 0.